The van der Waals surface area contributed by atoms with Crippen LogP contribution in [0.15, 0.2) is 22.7 Å². The van der Waals surface area contributed by atoms with E-state index in [1.54, 1.807) is 0 Å². The van der Waals surface area contributed by atoms with E-state index in [0.29, 0.717) is 0 Å². The third kappa shape index (κ3) is 2.84. The molecule has 14 heavy (non-hydrogen) atoms. The van der Waals surface area contributed by atoms with Crippen LogP contribution in [0.2, 0.25) is 0 Å². The molecule has 2 nitrogen and oxygen atoms in total. The number of carboxylic acids is 1. The van der Waals surface area contributed by atoms with Crippen LogP contribution >= 0.6 is 15.9 Å². The Hall–Kier alpha value is -0.830. The number of carboxylic acid groups (broad SMARTS) is 1. The molecule has 0 amide bonds. The maximum Gasteiger partial charge on any atom is 0.303 e. The van der Waals surface area contributed by atoms with Gasteiger partial charge in [-0.15, -0.1) is 0 Å². The minimum atomic E-state index is -0.750. The number of aryl methyl sites for hydroxylation is 1. The summed E-state index contributed by atoms with van der Waals surface area (Å²) < 4.78 is 1.03. The van der Waals surface area contributed by atoms with Crippen LogP contribution in [0, 0.1) is 6.92 Å². The summed E-state index contributed by atoms with van der Waals surface area (Å²) in [6.07, 6.45) is 0.183. The van der Waals surface area contributed by atoms with Gasteiger partial charge in [-0.25, -0.2) is 0 Å². The second-order valence-electron chi connectivity index (χ2n) is 3.50. The molecule has 0 fully saturated rings. The molecule has 1 rings (SSSR count). The van der Waals surface area contributed by atoms with Crippen molar-refractivity contribution in [3.8, 4) is 0 Å². The van der Waals surface area contributed by atoms with Gasteiger partial charge in [0.05, 0.1) is 6.42 Å². The van der Waals surface area contributed by atoms with E-state index in [2.05, 4.69) is 15.9 Å². The maximum absolute atomic E-state index is 10.6. The zero-order valence-electron chi connectivity index (χ0n) is 8.25. The number of halogens is 1. The number of hydrogen-bond acceptors (Lipinski definition) is 1. The van der Waals surface area contributed by atoms with E-state index < -0.39 is 5.97 Å². The Labute approximate surface area is 92.1 Å². The Bertz CT molecular complexity index is 347. The molecule has 1 unspecified atom stereocenters. The molecule has 1 aromatic carbocycles. The van der Waals surface area contributed by atoms with Crippen molar-refractivity contribution in [2.75, 3.05) is 0 Å². The van der Waals surface area contributed by atoms with Gasteiger partial charge in [0, 0.05) is 4.47 Å². The van der Waals surface area contributed by atoms with E-state index in [1.165, 1.54) is 0 Å². The Morgan fingerprint density at radius 3 is 2.71 bits per heavy atom. The average Bonchev–Trinajstić information content (AvgIpc) is 2.01. The van der Waals surface area contributed by atoms with Crippen LogP contribution in [0.25, 0.3) is 0 Å². The Balaban J connectivity index is 2.90. The van der Waals surface area contributed by atoms with Gasteiger partial charge in [-0.3, -0.25) is 4.79 Å². The molecular weight excluding hydrogens is 244 g/mol. The van der Waals surface area contributed by atoms with Crippen molar-refractivity contribution in [3.05, 3.63) is 33.8 Å². The summed E-state index contributed by atoms with van der Waals surface area (Å²) in [5.41, 5.74) is 2.24. The van der Waals surface area contributed by atoms with Crippen molar-refractivity contribution >= 4 is 21.9 Å². The Kier molecular flexibility index (Phi) is 3.69. The van der Waals surface area contributed by atoms with Crippen LogP contribution in [0.4, 0.5) is 0 Å². The Morgan fingerprint density at radius 1 is 1.57 bits per heavy atom. The molecule has 0 aromatic heterocycles. The molecule has 1 atom stereocenters. The van der Waals surface area contributed by atoms with Gasteiger partial charge in [-0.05, 0) is 36.1 Å². The van der Waals surface area contributed by atoms with Gasteiger partial charge in [-0.2, -0.15) is 0 Å². The summed E-state index contributed by atoms with van der Waals surface area (Å²) in [7, 11) is 0. The third-order valence-electron chi connectivity index (χ3n) is 2.24. The number of benzene rings is 1. The van der Waals surface area contributed by atoms with Crippen molar-refractivity contribution in [2.45, 2.75) is 26.2 Å². The van der Waals surface area contributed by atoms with E-state index in [9.17, 15) is 4.79 Å². The number of aliphatic carboxylic acids is 1. The second kappa shape index (κ2) is 4.60. The van der Waals surface area contributed by atoms with Crippen molar-refractivity contribution < 1.29 is 9.90 Å². The lowest BCUT2D eigenvalue weighted by Gasteiger charge is -2.12. The van der Waals surface area contributed by atoms with E-state index in [4.69, 9.17) is 5.11 Å². The molecule has 0 bridgehead atoms. The van der Waals surface area contributed by atoms with Crippen molar-refractivity contribution in [2.24, 2.45) is 0 Å². The fourth-order valence-corrected chi connectivity index (χ4v) is 2.04. The van der Waals surface area contributed by atoms with Crippen LogP contribution in [0.1, 0.15) is 30.4 Å². The first-order valence-electron chi connectivity index (χ1n) is 4.48. The predicted octanol–water partition coefficient (Wildman–Crippen LogP) is 3.34. The highest BCUT2D eigenvalue weighted by Crippen LogP contribution is 2.25. The molecule has 0 aliphatic carbocycles. The van der Waals surface area contributed by atoms with Gasteiger partial charge < -0.3 is 5.11 Å². The fraction of sp³-hybridized carbons (Fsp3) is 0.364. The monoisotopic (exact) mass is 256 g/mol. The summed E-state index contributed by atoms with van der Waals surface area (Å²) in [4.78, 5) is 10.6. The number of rotatable bonds is 3. The second-order valence-corrected chi connectivity index (χ2v) is 4.42. The normalized spacial score (nSPS) is 12.5. The summed E-state index contributed by atoms with van der Waals surface area (Å²) in [5.74, 6) is -0.680. The number of carbonyl (C=O) groups is 1. The fourth-order valence-electron chi connectivity index (χ4n) is 1.56. The van der Waals surface area contributed by atoms with Crippen LogP contribution in [-0.4, -0.2) is 11.1 Å². The molecule has 0 heterocycles. The van der Waals surface area contributed by atoms with Gasteiger partial charge in [0.1, 0.15) is 0 Å². The van der Waals surface area contributed by atoms with Crippen LogP contribution in [0.5, 0.6) is 0 Å². The summed E-state index contributed by atoms with van der Waals surface area (Å²) in [5, 5.41) is 8.68. The molecule has 0 radical (unpaired) electrons. The molecular formula is C11H13BrO2. The van der Waals surface area contributed by atoms with Crippen LogP contribution in [0.3, 0.4) is 0 Å². The molecule has 1 N–H and O–H groups in total. The molecule has 76 valence electrons. The average molecular weight is 257 g/mol. The smallest absolute Gasteiger partial charge is 0.303 e. The highest BCUT2D eigenvalue weighted by Gasteiger charge is 2.12. The van der Waals surface area contributed by atoms with E-state index in [0.717, 1.165) is 15.6 Å². The van der Waals surface area contributed by atoms with Gasteiger partial charge >= 0.3 is 5.97 Å². The van der Waals surface area contributed by atoms with E-state index in [-0.39, 0.29) is 12.3 Å². The molecule has 1 aromatic rings. The SMILES string of the molecule is Cc1cc(Br)ccc1C(C)CC(=O)O. The standard InChI is InChI=1S/C11H13BrO2/c1-7-5-9(12)3-4-10(7)8(2)6-11(13)14/h3-5,8H,6H2,1-2H3,(H,13,14). The van der Waals surface area contributed by atoms with Crippen LogP contribution in [-0.2, 0) is 4.79 Å². The lowest BCUT2D eigenvalue weighted by molar-refractivity contribution is -0.137. The predicted molar refractivity (Wildman–Crippen MR) is 59.5 cm³/mol. The first-order valence-corrected chi connectivity index (χ1v) is 5.28. The lowest BCUT2D eigenvalue weighted by atomic mass is 9.94. The molecule has 0 saturated carbocycles. The van der Waals surface area contributed by atoms with Crippen molar-refractivity contribution in [3.63, 3.8) is 0 Å². The summed E-state index contributed by atoms with van der Waals surface area (Å²) in [6, 6.07) is 5.93. The zero-order valence-corrected chi connectivity index (χ0v) is 9.84. The van der Waals surface area contributed by atoms with Crippen molar-refractivity contribution in [1.82, 2.24) is 0 Å². The lowest BCUT2D eigenvalue weighted by Crippen LogP contribution is -2.04. The largest absolute Gasteiger partial charge is 0.481 e. The van der Waals surface area contributed by atoms with Crippen LogP contribution < -0.4 is 0 Å². The maximum atomic E-state index is 10.6. The molecule has 3 heteroatoms. The van der Waals surface area contributed by atoms with Gasteiger partial charge in [-0.1, -0.05) is 28.9 Å². The van der Waals surface area contributed by atoms with Crippen molar-refractivity contribution in [1.29, 1.82) is 0 Å². The Morgan fingerprint density at radius 2 is 2.21 bits per heavy atom. The topological polar surface area (TPSA) is 37.3 Å². The first-order chi connectivity index (χ1) is 6.50. The van der Waals surface area contributed by atoms with E-state index >= 15 is 0 Å². The van der Waals surface area contributed by atoms with E-state index in [1.807, 2.05) is 32.0 Å². The first kappa shape index (κ1) is 11.2. The quantitative estimate of drug-likeness (QED) is 0.901. The number of hydrogen-bond donors (Lipinski definition) is 1. The molecule has 0 spiro atoms. The zero-order chi connectivity index (χ0) is 10.7. The highest BCUT2D eigenvalue weighted by molar-refractivity contribution is 9.10. The molecule has 0 saturated heterocycles. The highest BCUT2D eigenvalue weighted by atomic mass is 79.9. The van der Waals surface area contributed by atoms with Gasteiger partial charge in [0.2, 0.25) is 0 Å². The third-order valence-corrected chi connectivity index (χ3v) is 2.74. The summed E-state index contributed by atoms with van der Waals surface area (Å²) in [6.45, 7) is 3.93. The minimum Gasteiger partial charge on any atom is -0.481 e. The minimum absolute atomic E-state index is 0.0700. The van der Waals surface area contributed by atoms with Gasteiger partial charge in [0.25, 0.3) is 0 Å². The van der Waals surface area contributed by atoms with Gasteiger partial charge in [0.15, 0.2) is 0 Å². The summed E-state index contributed by atoms with van der Waals surface area (Å²) >= 11 is 3.38. The molecule has 0 aliphatic rings. The molecule has 0 aliphatic heterocycles.